The molecule has 0 saturated heterocycles. The number of carbonyl (C=O) groups is 1. The van der Waals surface area contributed by atoms with E-state index in [0.717, 1.165) is 14.0 Å². The molecule has 1 heterocycles. The van der Waals surface area contributed by atoms with Gasteiger partial charge in [0.2, 0.25) is 5.69 Å². The van der Waals surface area contributed by atoms with Gasteiger partial charge in [-0.3, -0.25) is 0 Å². The minimum Gasteiger partial charge on any atom is -0.462 e. The summed E-state index contributed by atoms with van der Waals surface area (Å²) in [5.41, 5.74) is 2.17. The molecule has 0 fully saturated rings. The maximum Gasteiger partial charge on any atom is 0.347 e. The lowest BCUT2D eigenvalue weighted by molar-refractivity contribution is 0.0533. The fourth-order valence-electron chi connectivity index (χ4n) is 2.17. The monoisotopic (exact) mass is 425 g/mol. The summed E-state index contributed by atoms with van der Waals surface area (Å²) in [6.45, 7) is 13.7. The second-order valence-corrected chi connectivity index (χ2v) is 7.31. The van der Waals surface area contributed by atoms with Gasteiger partial charge >= 0.3 is 5.97 Å². The fourth-order valence-corrected chi connectivity index (χ4v) is 3.69. The number of halogens is 1. The van der Waals surface area contributed by atoms with E-state index in [1.807, 2.05) is 38.1 Å². The quantitative estimate of drug-likeness (QED) is 0.349. The molecule has 114 valence electrons. The molecule has 0 aliphatic carbocycles. The molecule has 1 aromatic carbocycles. The van der Waals surface area contributed by atoms with Gasteiger partial charge in [0, 0.05) is 14.0 Å². The molecule has 0 aliphatic rings. The van der Waals surface area contributed by atoms with Gasteiger partial charge in [-0.1, -0.05) is 26.0 Å². The predicted molar refractivity (Wildman–Crippen MR) is 98.8 cm³/mol. The summed E-state index contributed by atoms with van der Waals surface area (Å²) >= 11 is 3.61. The SMILES string of the molecule is [C-]#[N+]c1c(C(C)C)sc(C(=O)OCC)c1-c1ccc(I)cc1. The van der Waals surface area contributed by atoms with Crippen molar-refractivity contribution in [3.8, 4) is 11.1 Å². The van der Waals surface area contributed by atoms with E-state index in [2.05, 4.69) is 27.4 Å². The van der Waals surface area contributed by atoms with Crippen LogP contribution in [-0.2, 0) is 4.74 Å². The van der Waals surface area contributed by atoms with Crippen molar-refractivity contribution in [3.63, 3.8) is 0 Å². The lowest BCUT2D eigenvalue weighted by Crippen LogP contribution is -2.03. The third kappa shape index (κ3) is 3.33. The number of rotatable bonds is 4. The van der Waals surface area contributed by atoms with Crippen LogP contribution < -0.4 is 0 Å². The van der Waals surface area contributed by atoms with Crippen molar-refractivity contribution in [2.24, 2.45) is 0 Å². The van der Waals surface area contributed by atoms with Crippen molar-refractivity contribution in [3.05, 3.63) is 49.0 Å². The van der Waals surface area contributed by atoms with Gasteiger partial charge in [0.1, 0.15) is 4.88 Å². The molecule has 0 amide bonds. The van der Waals surface area contributed by atoms with Crippen LogP contribution in [0.3, 0.4) is 0 Å². The number of ether oxygens (including phenoxy) is 1. The third-order valence-corrected chi connectivity index (χ3v) is 5.32. The van der Waals surface area contributed by atoms with Gasteiger partial charge < -0.3 is 4.74 Å². The van der Waals surface area contributed by atoms with Crippen LogP contribution in [0.1, 0.15) is 41.2 Å². The van der Waals surface area contributed by atoms with Gasteiger partial charge in [0.05, 0.1) is 13.2 Å². The standard InChI is InChI=1S/C17H16INO2S/c1-5-21-17(20)16-13(11-6-8-12(18)9-7-11)14(19-4)15(22-16)10(2)3/h6-10H,5H2,1-3H3. The Morgan fingerprint density at radius 3 is 2.50 bits per heavy atom. The molecular weight excluding hydrogens is 409 g/mol. The van der Waals surface area contributed by atoms with E-state index in [9.17, 15) is 4.79 Å². The van der Waals surface area contributed by atoms with Crippen molar-refractivity contribution in [1.82, 2.24) is 0 Å². The summed E-state index contributed by atoms with van der Waals surface area (Å²) in [4.78, 5) is 17.5. The zero-order chi connectivity index (χ0) is 16.3. The van der Waals surface area contributed by atoms with Gasteiger partial charge in [0.15, 0.2) is 0 Å². The Hall–Kier alpha value is -1.39. The number of nitrogens with zero attached hydrogens (tertiary/aromatic N) is 1. The topological polar surface area (TPSA) is 30.7 Å². The molecule has 0 saturated carbocycles. The molecule has 0 unspecified atom stereocenters. The van der Waals surface area contributed by atoms with E-state index >= 15 is 0 Å². The van der Waals surface area contributed by atoms with E-state index in [1.165, 1.54) is 11.3 Å². The molecule has 0 N–H and O–H groups in total. The molecule has 3 nitrogen and oxygen atoms in total. The summed E-state index contributed by atoms with van der Waals surface area (Å²) in [5, 5.41) is 0. The molecule has 0 bridgehead atoms. The minimum absolute atomic E-state index is 0.194. The first-order valence-electron chi connectivity index (χ1n) is 6.96. The minimum atomic E-state index is -0.349. The highest BCUT2D eigenvalue weighted by molar-refractivity contribution is 14.1. The van der Waals surface area contributed by atoms with Crippen molar-refractivity contribution in [1.29, 1.82) is 0 Å². The smallest absolute Gasteiger partial charge is 0.347 e. The molecule has 0 radical (unpaired) electrons. The van der Waals surface area contributed by atoms with Gasteiger partial charge in [-0.2, -0.15) is 0 Å². The second-order valence-electron chi connectivity index (χ2n) is 5.01. The molecule has 0 atom stereocenters. The summed E-state index contributed by atoms with van der Waals surface area (Å²) in [6.07, 6.45) is 0. The Labute approximate surface area is 148 Å². The van der Waals surface area contributed by atoms with Gasteiger partial charge in [0.25, 0.3) is 0 Å². The first-order valence-corrected chi connectivity index (χ1v) is 8.86. The fraction of sp³-hybridized carbons (Fsp3) is 0.294. The highest BCUT2D eigenvalue weighted by Crippen LogP contribution is 2.46. The molecule has 0 spiro atoms. The molecular formula is C17H16INO2S. The Kier molecular flexibility index (Phi) is 5.59. The average molecular weight is 425 g/mol. The van der Waals surface area contributed by atoms with E-state index in [0.29, 0.717) is 22.7 Å². The van der Waals surface area contributed by atoms with Crippen LogP contribution in [0.4, 0.5) is 5.69 Å². The highest BCUT2D eigenvalue weighted by atomic mass is 127. The summed E-state index contributed by atoms with van der Waals surface area (Å²) in [6, 6.07) is 7.85. The number of benzene rings is 1. The van der Waals surface area contributed by atoms with Crippen molar-refractivity contribution < 1.29 is 9.53 Å². The largest absolute Gasteiger partial charge is 0.462 e. The van der Waals surface area contributed by atoms with Crippen LogP contribution in [0.5, 0.6) is 0 Å². The molecule has 5 heteroatoms. The normalized spacial score (nSPS) is 10.5. The Bertz CT molecular complexity index is 726. The first kappa shape index (κ1) is 17.0. The van der Waals surface area contributed by atoms with Crippen LogP contribution >= 0.6 is 33.9 Å². The summed E-state index contributed by atoms with van der Waals surface area (Å²) in [7, 11) is 0. The van der Waals surface area contributed by atoms with Gasteiger partial charge in [-0.05, 0) is 53.1 Å². The van der Waals surface area contributed by atoms with E-state index in [-0.39, 0.29) is 11.9 Å². The van der Waals surface area contributed by atoms with Crippen LogP contribution in [0.15, 0.2) is 24.3 Å². The Morgan fingerprint density at radius 1 is 1.36 bits per heavy atom. The maximum atomic E-state index is 12.3. The lowest BCUT2D eigenvalue weighted by atomic mass is 10.0. The number of thiophene rings is 1. The Balaban J connectivity index is 2.70. The summed E-state index contributed by atoms with van der Waals surface area (Å²) in [5.74, 6) is -0.155. The molecule has 1 aromatic heterocycles. The van der Waals surface area contributed by atoms with E-state index in [1.54, 1.807) is 6.92 Å². The summed E-state index contributed by atoms with van der Waals surface area (Å²) < 4.78 is 6.29. The van der Waals surface area contributed by atoms with Crippen molar-refractivity contribution in [2.75, 3.05) is 6.61 Å². The van der Waals surface area contributed by atoms with Crippen LogP contribution in [-0.4, -0.2) is 12.6 Å². The number of esters is 1. The van der Waals surface area contributed by atoms with Crippen LogP contribution in [0.2, 0.25) is 0 Å². The maximum absolute atomic E-state index is 12.3. The second kappa shape index (κ2) is 7.25. The Morgan fingerprint density at radius 2 is 2.00 bits per heavy atom. The van der Waals surface area contributed by atoms with Crippen LogP contribution in [0, 0.1) is 10.1 Å². The molecule has 2 aromatic rings. The van der Waals surface area contributed by atoms with E-state index < -0.39 is 0 Å². The molecule has 2 rings (SSSR count). The zero-order valence-electron chi connectivity index (χ0n) is 12.6. The van der Waals surface area contributed by atoms with E-state index in [4.69, 9.17) is 11.3 Å². The zero-order valence-corrected chi connectivity index (χ0v) is 15.6. The van der Waals surface area contributed by atoms with Crippen molar-refractivity contribution >= 4 is 45.6 Å². The van der Waals surface area contributed by atoms with Gasteiger partial charge in [-0.15, -0.1) is 11.3 Å². The first-order chi connectivity index (χ1) is 10.5. The molecule has 22 heavy (non-hydrogen) atoms. The third-order valence-electron chi connectivity index (χ3n) is 3.14. The van der Waals surface area contributed by atoms with Crippen LogP contribution in [0.25, 0.3) is 16.0 Å². The van der Waals surface area contributed by atoms with Gasteiger partial charge in [-0.25, -0.2) is 9.64 Å². The van der Waals surface area contributed by atoms with Crippen molar-refractivity contribution in [2.45, 2.75) is 26.7 Å². The lowest BCUT2D eigenvalue weighted by Gasteiger charge is -2.06. The number of carbonyl (C=O) groups excluding carboxylic acids is 1. The average Bonchev–Trinajstić information content (AvgIpc) is 2.88. The molecule has 0 aliphatic heterocycles. The number of hydrogen-bond donors (Lipinski definition) is 0. The highest BCUT2D eigenvalue weighted by Gasteiger charge is 2.26. The predicted octanol–water partition coefficient (Wildman–Crippen LogP) is 5.87. The number of hydrogen-bond acceptors (Lipinski definition) is 3.